The number of carbonyl (C=O) groups is 3. The second-order valence-corrected chi connectivity index (χ2v) is 10.3. The van der Waals surface area contributed by atoms with Crippen LogP contribution in [0, 0.1) is 0 Å². The number of aliphatic hydroxyl groups excluding tert-OH is 1. The Morgan fingerprint density at radius 1 is 0.947 bits per heavy atom. The molecule has 0 spiro atoms. The van der Waals surface area contributed by atoms with E-state index in [0.29, 0.717) is 18.5 Å². The third kappa shape index (κ3) is 9.82. The van der Waals surface area contributed by atoms with Crippen molar-refractivity contribution in [1.82, 2.24) is 15.5 Å². The Balaban J connectivity index is 2.41. The van der Waals surface area contributed by atoms with Crippen molar-refractivity contribution in [3.8, 4) is 0 Å². The minimum atomic E-state index is -1.26. The summed E-state index contributed by atoms with van der Waals surface area (Å²) in [5.41, 5.74) is 1.94. The molecule has 3 amide bonds. The summed E-state index contributed by atoms with van der Waals surface area (Å²) in [6, 6.07) is 15.0. The molecule has 8 heteroatoms. The summed E-state index contributed by atoms with van der Waals surface area (Å²) >= 11 is 0. The van der Waals surface area contributed by atoms with E-state index in [1.54, 1.807) is 20.8 Å². The number of aliphatic hydroxyl groups is 1. The van der Waals surface area contributed by atoms with Crippen molar-refractivity contribution >= 4 is 17.9 Å². The molecule has 0 aliphatic heterocycles. The summed E-state index contributed by atoms with van der Waals surface area (Å²) in [5, 5.41) is 15.5. The number of rotatable bonds is 13. The fraction of sp³-hybridized carbons (Fsp3) is 0.500. The lowest BCUT2D eigenvalue weighted by Crippen LogP contribution is -2.54. The lowest BCUT2D eigenvalue weighted by atomic mass is 10.00. The minimum absolute atomic E-state index is 0.290. The number of hydrogen-bond donors (Lipinski definition) is 3. The maximum Gasteiger partial charge on any atom is 0.408 e. The van der Waals surface area contributed by atoms with Crippen LogP contribution in [0.15, 0.2) is 54.6 Å². The molecule has 8 nitrogen and oxygen atoms in total. The lowest BCUT2D eigenvalue weighted by Gasteiger charge is -2.34. The first-order chi connectivity index (χ1) is 18.1. The molecule has 2 unspecified atom stereocenters. The molecule has 0 aliphatic rings. The van der Waals surface area contributed by atoms with E-state index < -0.39 is 36.3 Å². The van der Waals surface area contributed by atoms with Gasteiger partial charge < -0.3 is 25.4 Å². The number of alkyl carbamates (subject to hydrolysis) is 1. The Bertz CT molecular complexity index is 1020. The lowest BCUT2D eigenvalue weighted by molar-refractivity contribution is -0.143. The summed E-state index contributed by atoms with van der Waals surface area (Å²) in [7, 11) is 0. The highest BCUT2D eigenvalue weighted by Gasteiger charge is 2.35. The van der Waals surface area contributed by atoms with E-state index in [2.05, 4.69) is 17.6 Å². The zero-order chi connectivity index (χ0) is 28.1. The average Bonchev–Trinajstić information content (AvgIpc) is 2.89. The second-order valence-electron chi connectivity index (χ2n) is 10.3. The molecule has 2 atom stereocenters. The molecular formula is C30H43N3O5. The number of benzene rings is 2. The monoisotopic (exact) mass is 525 g/mol. The molecular weight excluding hydrogens is 482 g/mol. The Morgan fingerprint density at radius 3 is 2.16 bits per heavy atom. The molecule has 0 saturated carbocycles. The normalized spacial score (nSPS) is 12.8. The zero-order valence-electron chi connectivity index (χ0n) is 23.3. The maximum atomic E-state index is 13.8. The number of aryl methyl sites for hydroxylation is 1. The summed E-state index contributed by atoms with van der Waals surface area (Å²) in [6.07, 6.45) is 2.49. The van der Waals surface area contributed by atoms with Gasteiger partial charge in [0.1, 0.15) is 17.7 Å². The summed E-state index contributed by atoms with van der Waals surface area (Å²) < 4.78 is 5.29. The molecule has 0 saturated heterocycles. The maximum absolute atomic E-state index is 13.8. The molecule has 0 aliphatic carbocycles. The smallest absolute Gasteiger partial charge is 0.408 e. The van der Waals surface area contributed by atoms with Crippen molar-refractivity contribution in [2.75, 3.05) is 13.2 Å². The molecule has 0 heterocycles. The van der Waals surface area contributed by atoms with E-state index in [1.165, 1.54) is 4.90 Å². The standard InChI is InChI=1S/C30H43N3O5/c1-6-8-12-19-33(28(36)25(21-34)32-29(37)38-30(3,4)5)26(24-17-15-22(7-2)16-18-24)27(35)31-20-23-13-10-9-11-14-23/h9-11,13-18,25-26,34H,6-8,12,19-21H2,1-5H3,(H,31,35)(H,32,37). The number of ether oxygens (including phenoxy) is 1. The van der Waals surface area contributed by atoms with E-state index in [9.17, 15) is 19.5 Å². The van der Waals surface area contributed by atoms with Crippen molar-refractivity contribution < 1.29 is 24.2 Å². The summed E-state index contributed by atoms with van der Waals surface area (Å²) in [4.78, 5) is 41.4. The highest BCUT2D eigenvalue weighted by Crippen LogP contribution is 2.24. The number of amides is 3. The highest BCUT2D eigenvalue weighted by atomic mass is 16.6. The molecule has 2 aromatic rings. The second kappa shape index (κ2) is 15.1. The first-order valence-corrected chi connectivity index (χ1v) is 13.4. The molecule has 208 valence electrons. The van der Waals surface area contributed by atoms with Gasteiger partial charge in [-0.15, -0.1) is 0 Å². The molecule has 0 fully saturated rings. The Kier molecular flexibility index (Phi) is 12.3. The number of nitrogens with zero attached hydrogens (tertiary/aromatic N) is 1. The van der Waals surface area contributed by atoms with Crippen LogP contribution in [0.4, 0.5) is 4.79 Å². The van der Waals surface area contributed by atoms with Crippen molar-refractivity contribution in [2.45, 2.75) is 84.5 Å². The van der Waals surface area contributed by atoms with Crippen LogP contribution in [0.5, 0.6) is 0 Å². The van der Waals surface area contributed by atoms with Gasteiger partial charge in [-0.05, 0) is 50.3 Å². The predicted octanol–water partition coefficient (Wildman–Crippen LogP) is 4.51. The average molecular weight is 526 g/mol. The fourth-order valence-corrected chi connectivity index (χ4v) is 4.02. The van der Waals surface area contributed by atoms with Crippen molar-refractivity contribution in [3.63, 3.8) is 0 Å². The fourth-order valence-electron chi connectivity index (χ4n) is 4.02. The van der Waals surface area contributed by atoms with E-state index in [1.807, 2.05) is 61.5 Å². The van der Waals surface area contributed by atoms with Gasteiger partial charge in [-0.1, -0.05) is 81.3 Å². The van der Waals surface area contributed by atoms with E-state index in [-0.39, 0.29) is 12.5 Å². The quantitative estimate of drug-likeness (QED) is 0.334. The van der Waals surface area contributed by atoms with Gasteiger partial charge in [-0.25, -0.2) is 4.79 Å². The zero-order valence-corrected chi connectivity index (χ0v) is 23.3. The van der Waals surface area contributed by atoms with Crippen LogP contribution < -0.4 is 10.6 Å². The van der Waals surface area contributed by atoms with Gasteiger partial charge in [0.2, 0.25) is 11.8 Å². The molecule has 0 aromatic heterocycles. The van der Waals surface area contributed by atoms with Crippen LogP contribution in [0.2, 0.25) is 0 Å². The summed E-state index contributed by atoms with van der Waals surface area (Å²) in [6.45, 7) is 9.22. The van der Waals surface area contributed by atoms with E-state index >= 15 is 0 Å². The molecule has 2 aromatic carbocycles. The number of hydrogen-bond acceptors (Lipinski definition) is 5. The van der Waals surface area contributed by atoms with Crippen molar-refractivity contribution in [1.29, 1.82) is 0 Å². The Hall–Kier alpha value is -3.39. The first kappa shape index (κ1) is 30.8. The highest BCUT2D eigenvalue weighted by molar-refractivity contribution is 5.92. The molecule has 3 N–H and O–H groups in total. The minimum Gasteiger partial charge on any atom is -0.444 e. The molecule has 38 heavy (non-hydrogen) atoms. The van der Waals surface area contributed by atoms with Gasteiger partial charge in [0.05, 0.1) is 6.61 Å². The third-order valence-corrected chi connectivity index (χ3v) is 6.03. The van der Waals surface area contributed by atoms with E-state index in [0.717, 1.165) is 30.4 Å². The van der Waals surface area contributed by atoms with Gasteiger partial charge in [-0.3, -0.25) is 9.59 Å². The molecule has 0 bridgehead atoms. The predicted molar refractivity (Wildman–Crippen MR) is 148 cm³/mol. The topological polar surface area (TPSA) is 108 Å². The molecule has 2 rings (SSSR count). The van der Waals surface area contributed by atoms with E-state index in [4.69, 9.17) is 4.74 Å². The van der Waals surface area contributed by atoms with Gasteiger partial charge in [0.25, 0.3) is 0 Å². The van der Waals surface area contributed by atoms with Crippen LogP contribution in [0.3, 0.4) is 0 Å². The molecule has 0 radical (unpaired) electrons. The number of unbranched alkanes of at least 4 members (excludes halogenated alkanes) is 2. The van der Waals surface area contributed by atoms with Gasteiger partial charge in [0, 0.05) is 13.1 Å². The SMILES string of the molecule is CCCCCN(C(=O)C(CO)NC(=O)OC(C)(C)C)C(C(=O)NCc1ccccc1)c1ccc(CC)cc1. The van der Waals surface area contributed by atoms with Gasteiger partial charge in [0.15, 0.2) is 0 Å². The van der Waals surface area contributed by atoms with Crippen LogP contribution in [0.25, 0.3) is 0 Å². The van der Waals surface area contributed by atoms with Gasteiger partial charge in [-0.2, -0.15) is 0 Å². The Morgan fingerprint density at radius 2 is 1.61 bits per heavy atom. The van der Waals surface area contributed by atoms with Crippen LogP contribution in [-0.4, -0.2) is 52.7 Å². The number of nitrogens with one attached hydrogen (secondary N) is 2. The Labute approximate surface area is 226 Å². The van der Waals surface area contributed by atoms with Gasteiger partial charge >= 0.3 is 6.09 Å². The first-order valence-electron chi connectivity index (χ1n) is 13.4. The van der Waals surface area contributed by atoms with Crippen molar-refractivity contribution in [2.24, 2.45) is 0 Å². The van der Waals surface area contributed by atoms with Crippen molar-refractivity contribution in [3.05, 3.63) is 71.3 Å². The summed E-state index contributed by atoms with van der Waals surface area (Å²) in [5.74, 6) is -0.884. The largest absolute Gasteiger partial charge is 0.444 e. The van der Waals surface area contributed by atoms with Crippen LogP contribution in [-0.2, 0) is 27.3 Å². The number of carbonyl (C=O) groups excluding carboxylic acids is 3. The third-order valence-electron chi connectivity index (χ3n) is 6.03. The van der Waals surface area contributed by atoms with Crippen LogP contribution in [0.1, 0.15) is 76.6 Å². The van der Waals surface area contributed by atoms with Crippen LogP contribution >= 0.6 is 0 Å².